The summed E-state index contributed by atoms with van der Waals surface area (Å²) in [7, 11) is 1.78. The fourth-order valence-electron chi connectivity index (χ4n) is 2.34. The first-order valence-electron chi connectivity index (χ1n) is 4.90. The van der Waals surface area contributed by atoms with Crippen LogP contribution >= 0.6 is 0 Å². The molecule has 0 aromatic heterocycles. The quantitative estimate of drug-likeness (QED) is 0.591. The van der Waals surface area contributed by atoms with Gasteiger partial charge in [-0.25, -0.2) is 5.01 Å². The molecule has 2 N–H and O–H groups in total. The van der Waals surface area contributed by atoms with Gasteiger partial charge in [0.15, 0.2) is 0 Å². The second-order valence-corrected chi connectivity index (χ2v) is 4.10. The highest BCUT2D eigenvalue weighted by atomic mass is 16.5. The van der Waals surface area contributed by atoms with E-state index in [0.717, 1.165) is 39.0 Å². The summed E-state index contributed by atoms with van der Waals surface area (Å²) in [5.41, 5.74) is -0.00627. The smallest absolute Gasteiger partial charge is 0.0860 e. The van der Waals surface area contributed by atoms with Gasteiger partial charge < -0.3 is 9.47 Å². The molecule has 13 heavy (non-hydrogen) atoms. The topological polar surface area (TPSA) is 47.7 Å². The van der Waals surface area contributed by atoms with Gasteiger partial charge in [0, 0.05) is 33.2 Å². The van der Waals surface area contributed by atoms with Crippen LogP contribution in [0.3, 0.4) is 0 Å². The molecule has 0 radical (unpaired) electrons. The molecule has 0 aromatic rings. The fourth-order valence-corrected chi connectivity index (χ4v) is 2.34. The highest BCUT2D eigenvalue weighted by Gasteiger charge is 2.42. The lowest BCUT2D eigenvalue weighted by molar-refractivity contribution is -0.119. The number of hydrogen-bond donors (Lipinski definition) is 1. The van der Waals surface area contributed by atoms with Gasteiger partial charge in [-0.3, -0.25) is 5.84 Å². The van der Waals surface area contributed by atoms with Gasteiger partial charge in [-0.2, -0.15) is 0 Å². The SMILES string of the molecule is CO[C@H]1CCO[C@]2(CCN(N)C2)C1. The monoisotopic (exact) mass is 186 g/mol. The van der Waals surface area contributed by atoms with Crippen molar-refractivity contribution in [2.75, 3.05) is 26.8 Å². The lowest BCUT2D eigenvalue weighted by atomic mass is 9.91. The maximum atomic E-state index is 5.83. The van der Waals surface area contributed by atoms with Crippen LogP contribution in [0.4, 0.5) is 0 Å². The Morgan fingerprint density at radius 3 is 3.08 bits per heavy atom. The van der Waals surface area contributed by atoms with Gasteiger partial charge in [-0.15, -0.1) is 0 Å². The van der Waals surface area contributed by atoms with E-state index in [0.29, 0.717) is 6.10 Å². The van der Waals surface area contributed by atoms with Crippen LogP contribution in [0.15, 0.2) is 0 Å². The van der Waals surface area contributed by atoms with Gasteiger partial charge in [0.2, 0.25) is 0 Å². The van der Waals surface area contributed by atoms with Crippen molar-refractivity contribution in [2.45, 2.75) is 31.0 Å². The average molecular weight is 186 g/mol. The lowest BCUT2D eigenvalue weighted by Gasteiger charge is -2.37. The minimum absolute atomic E-state index is 0.00627. The van der Waals surface area contributed by atoms with Crippen molar-refractivity contribution in [1.29, 1.82) is 0 Å². The summed E-state index contributed by atoms with van der Waals surface area (Å²) in [5.74, 6) is 5.74. The molecule has 2 heterocycles. The molecular weight excluding hydrogens is 168 g/mol. The Balaban J connectivity index is 1.98. The van der Waals surface area contributed by atoms with E-state index in [4.69, 9.17) is 15.3 Å². The first kappa shape index (κ1) is 9.40. The Hall–Kier alpha value is -0.160. The average Bonchev–Trinajstić information content (AvgIpc) is 2.47. The molecule has 4 nitrogen and oxygen atoms in total. The third-order valence-corrected chi connectivity index (χ3v) is 3.13. The van der Waals surface area contributed by atoms with Crippen molar-refractivity contribution < 1.29 is 9.47 Å². The molecule has 0 saturated carbocycles. The standard InChI is InChI=1S/C9H18N2O2/c1-12-8-2-5-13-9(6-8)3-4-11(10)7-9/h8H,2-7,10H2,1H3/t8-,9+/m0/s1. The number of nitrogens with two attached hydrogens (primary N) is 1. The number of nitrogens with zero attached hydrogens (tertiary/aromatic N) is 1. The van der Waals surface area contributed by atoms with Crippen molar-refractivity contribution in [1.82, 2.24) is 5.01 Å². The van der Waals surface area contributed by atoms with E-state index < -0.39 is 0 Å². The van der Waals surface area contributed by atoms with E-state index >= 15 is 0 Å². The third-order valence-electron chi connectivity index (χ3n) is 3.13. The minimum Gasteiger partial charge on any atom is -0.381 e. The van der Waals surface area contributed by atoms with E-state index in [1.165, 1.54) is 0 Å². The van der Waals surface area contributed by atoms with Crippen molar-refractivity contribution in [2.24, 2.45) is 5.84 Å². The summed E-state index contributed by atoms with van der Waals surface area (Å²) in [6.45, 7) is 2.61. The minimum atomic E-state index is -0.00627. The number of rotatable bonds is 1. The molecule has 2 fully saturated rings. The Kier molecular flexibility index (Phi) is 2.55. The van der Waals surface area contributed by atoms with Crippen LogP contribution in [-0.4, -0.2) is 43.5 Å². The molecule has 0 aliphatic carbocycles. The van der Waals surface area contributed by atoms with Crippen LogP contribution in [-0.2, 0) is 9.47 Å². The van der Waals surface area contributed by atoms with Gasteiger partial charge in [0.1, 0.15) is 0 Å². The molecule has 0 unspecified atom stereocenters. The molecule has 2 aliphatic rings. The van der Waals surface area contributed by atoms with Crippen molar-refractivity contribution in [3.8, 4) is 0 Å². The molecule has 0 aromatic carbocycles. The van der Waals surface area contributed by atoms with E-state index in [2.05, 4.69) is 0 Å². The lowest BCUT2D eigenvalue weighted by Crippen LogP contribution is -2.45. The van der Waals surface area contributed by atoms with E-state index in [9.17, 15) is 0 Å². The van der Waals surface area contributed by atoms with E-state index in [-0.39, 0.29) is 5.60 Å². The maximum Gasteiger partial charge on any atom is 0.0860 e. The van der Waals surface area contributed by atoms with Crippen LogP contribution in [0, 0.1) is 0 Å². The second kappa shape index (κ2) is 3.53. The van der Waals surface area contributed by atoms with Gasteiger partial charge in [-0.1, -0.05) is 0 Å². The first-order chi connectivity index (χ1) is 6.24. The zero-order chi connectivity index (χ0) is 9.31. The molecule has 0 amide bonds. The molecule has 2 rings (SSSR count). The van der Waals surface area contributed by atoms with Crippen molar-refractivity contribution >= 4 is 0 Å². The van der Waals surface area contributed by atoms with Gasteiger partial charge in [-0.05, 0) is 12.8 Å². The van der Waals surface area contributed by atoms with E-state index in [1.807, 2.05) is 5.01 Å². The van der Waals surface area contributed by atoms with Gasteiger partial charge >= 0.3 is 0 Å². The van der Waals surface area contributed by atoms with E-state index in [1.54, 1.807) is 7.11 Å². The predicted octanol–water partition coefficient (Wildman–Crippen LogP) is 0.130. The van der Waals surface area contributed by atoms with Gasteiger partial charge in [0.05, 0.1) is 11.7 Å². The molecule has 2 atom stereocenters. The first-order valence-corrected chi connectivity index (χ1v) is 4.90. The number of ether oxygens (including phenoxy) is 2. The summed E-state index contributed by atoms with van der Waals surface area (Å²) >= 11 is 0. The summed E-state index contributed by atoms with van der Waals surface area (Å²) in [6.07, 6.45) is 3.42. The largest absolute Gasteiger partial charge is 0.381 e. The number of hydrazine groups is 1. The van der Waals surface area contributed by atoms with Crippen LogP contribution in [0.25, 0.3) is 0 Å². The Bertz CT molecular complexity index is 184. The Morgan fingerprint density at radius 1 is 1.62 bits per heavy atom. The van der Waals surface area contributed by atoms with Crippen LogP contribution in [0.1, 0.15) is 19.3 Å². The molecule has 76 valence electrons. The normalized spacial score (nSPS) is 41.5. The van der Waals surface area contributed by atoms with Crippen molar-refractivity contribution in [3.63, 3.8) is 0 Å². The molecule has 1 spiro atoms. The third kappa shape index (κ3) is 1.86. The van der Waals surface area contributed by atoms with Crippen LogP contribution in [0.5, 0.6) is 0 Å². The summed E-state index contributed by atoms with van der Waals surface area (Å²) < 4.78 is 11.2. The highest BCUT2D eigenvalue weighted by molar-refractivity contribution is 4.94. The maximum absolute atomic E-state index is 5.83. The van der Waals surface area contributed by atoms with Crippen LogP contribution < -0.4 is 5.84 Å². The Morgan fingerprint density at radius 2 is 2.46 bits per heavy atom. The molecule has 2 saturated heterocycles. The Labute approximate surface area is 78.9 Å². The predicted molar refractivity (Wildman–Crippen MR) is 49.1 cm³/mol. The zero-order valence-corrected chi connectivity index (χ0v) is 8.16. The fraction of sp³-hybridized carbons (Fsp3) is 1.00. The zero-order valence-electron chi connectivity index (χ0n) is 8.16. The summed E-state index contributed by atoms with van der Waals surface area (Å²) in [4.78, 5) is 0. The second-order valence-electron chi connectivity index (χ2n) is 4.10. The molecule has 0 bridgehead atoms. The van der Waals surface area contributed by atoms with Gasteiger partial charge in [0.25, 0.3) is 0 Å². The molecule has 2 aliphatic heterocycles. The molecule has 4 heteroatoms. The van der Waals surface area contributed by atoms with Crippen LogP contribution in [0.2, 0.25) is 0 Å². The van der Waals surface area contributed by atoms with Crippen molar-refractivity contribution in [3.05, 3.63) is 0 Å². The summed E-state index contributed by atoms with van der Waals surface area (Å²) in [5, 5.41) is 1.85. The summed E-state index contributed by atoms with van der Waals surface area (Å²) in [6, 6.07) is 0. The highest BCUT2D eigenvalue weighted by Crippen LogP contribution is 2.33. The number of hydrogen-bond acceptors (Lipinski definition) is 4. The number of methoxy groups -OCH3 is 1. The molecular formula is C9H18N2O2.